The third kappa shape index (κ3) is 2.95. The minimum Gasteiger partial charge on any atom is -0.480 e. The predicted octanol–water partition coefficient (Wildman–Crippen LogP) is 0.0882. The largest absolute Gasteiger partial charge is 0.480 e. The number of hydrogen-bond acceptors (Lipinski definition) is 2. The molecule has 0 spiro atoms. The van der Waals surface area contributed by atoms with Gasteiger partial charge in [0.05, 0.1) is 0 Å². The fraction of sp³-hybridized carbons (Fsp3) is 0.500. The molecular formula is C4H5F2NO3. The fourth-order valence-electron chi connectivity index (χ4n) is 0.303. The van der Waals surface area contributed by atoms with E-state index in [0.29, 0.717) is 0 Å². The Morgan fingerprint density at radius 2 is 2.10 bits per heavy atom. The van der Waals surface area contributed by atoms with Crippen molar-refractivity contribution in [3.8, 4) is 0 Å². The highest BCUT2D eigenvalue weighted by atomic mass is 19.1. The third-order valence-electron chi connectivity index (χ3n) is 0.740. The van der Waals surface area contributed by atoms with Gasteiger partial charge in [-0.05, 0) is 0 Å². The zero-order valence-corrected chi connectivity index (χ0v) is 4.80. The highest BCUT2D eigenvalue weighted by molar-refractivity contribution is 5.79. The van der Waals surface area contributed by atoms with Crippen LogP contribution in [0.25, 0.3) is 0 Å². The molecule has 0 bridgehead atoms. The van der Waals surface area contributed by atoms with E-state index in [1.807, 2.05) is 0 Å². The van der Waals surface area contributed by atoms with Crippen LogP contribution in [-0.4, -0.2) is 30.0 Å². The Kier molecular flexibility index (Phi) is 3.30. The quantitative estimate of drug-likeness (QED) is 0.446. The van der Waals surface area contributed by atoms with Crippen molar-refractivity contribution in [2.45, 2.75) is 6.04 Å². The zero-order chi connectivity index (χ0) is 8.15. The molecule has 0 aromatic carbocycles. The maximum atomic E-state index is 11.5. The van der Waals surface area contributed by atoms with Gasteiger partial charge in [-0.1, -0.05) is 0 Å². The second kappa shape index (κ2) is 3.76. The highest BCUT2D eigenvalue weighted by Crippen LogP contribution is 1.86. The number of aliphatic carboxylic acids is 1. The Hall–Kier alpha value is -1.20. The molecule has 1 atom stereocenters. The number of carbonyl (C=O) groups is 2. The fourth-order valence-corrected chi connectivity index (χ4v) is 0.303. The molecule has 0 aliphatic heterocycles. The first-order chi connectivity index (χ1) is 4.57. The van der Waals surface area contributed by atoms with Crippen molar-refractivity contribution >= 4 is 12.1 Å². The van der Waals surface area contributed by atoms with E-state index in [2.05, 4.69) is 0 Å². The molecule has 1 unspecified atom stereocenters. The lowest BCUT2D eigenvalue weighted by Gasteiger charge is -2.04. The molecule has 58 valence electrons. The maximum absolute atomic E-state index is 11.5. The Balaban J connectivity index is 3.83. The van der Waals surface area contributed by atoms with Gasteiger partial charge in [-0.2, -0.15) is 0 Å². The molecule has 1 amide bonds. The molecule has 0 aromatic heterocycles. The summed E-state index contributed by atoms with van der Waals surface area (Å²) in [4.78, 5) is 19.4. The highest BCUT2D eigenvalue weighted by Gasteiger charge is 2.18. The van der Waals surface area contributed by atoms with Gasteiger partial charge in [0.1, 0.15) is 6.67 Å². The van der Waals surface area contributed by atoms with Crippen LogP contribution < -0.4 is 5.32 Å². The normalized spacial score (nSPS) is 12.2. The summed E-state index contributed by atoms with van der Waals surface area (Å²) in [6.45, 7) is -1.33. The van der Waals surface area contributed by atoms with E-state index in [-0.39, 0.29) is 0 Å². The first-order valence-electron chi connectivity index (χ1n) is 2.32. The average Bonchev–Trinajstić information content (AvgIpc) is 1.81. The van der Waals surface area contributed by atoms with Crippen molar-refractivity contribution in [1.82, 2.24) is 5.32 Å². The molecule has 0 saturated heterocycles. The number of carbonyl (C=O) groups excluding carboxylic acids is 1. The van der Waals surface area contributed by atoms with E-state index in [9.17, 15) is 18.4 Å². The number of rotatable bonds is 3. The lowest BCUT2D eigenvalue weighted by atomic mass is 10.3. The van der Waals surface area contributed by atoms with Crippen molar-refractivity contribution in [3.63, 3.8) is 0 Å². The smallest absolute Gasteiger partial charge is 0.398 e. The first-order valence-corrected chi connectivity index (χ1v) is 2.32. The maximum Gasteiger partial charge on any atom is 0.398 e. The number of halogens is 2. The summed E-state index contributed by atoms with van der Waals surface area (Å²) < 4.78 is 22.8. The molecule has 4 nitrogen and oxygen atoms in total. The molecule has 0 rings (SSSR count). The summed E-state index contributed by atoms with van der Waals surface area (Å²) in [6, 6.07) is -1.78. The van der Waals surface area contributed by atoms with E-state index in [0.717, 1.165) is 0 Å². The minimum absolute atomic E-state index is 1.25. The van der Waals surface area contributed by atoms with Gasteiger partial charge in [0, 0.05) is 0 Å². The van der Waals surface area contributed by atoms with Crippen LogP contribution in [0.15, 0.2) is 0 Å². The van der Waals surface area contributed by atoms with Gasteiger partial charge in [-0.15, -0.1) is 4.39 Å². The molecule has 0 aliphatic carbocycles. The Labute approximate surface area is 54.8 Å². The molecule has 2 N–H and O–H groups in total. The molecule has 0 aromatic rings. The van der Waals surface area contributed by atoms with E-state index < -0.39 is 24.8 Å². The number of hydrogen-bond donors (Lipinski definition) is 2. The molecule has 0 radical (unpaired) electrons. The van der Waals surface area contributed by atoms with Gasteiger partial charge in [-0.25, -0.2) is 14.0 Å². The number of alkyl halides is 1. The number of carboxylic acid groups (broad SMARTS) is 1. The molecule has 10 heavy (non-hydrogen) atoms. The van der Waals surface area contributed by atoms with Crippen LogP contribution in [0.4, 0.5) is 13.6 Å². The Bertz CT molecular complexity index is 149. The van der Waals surface area contributed by atoms with E-state index in [1.54, 1.807) is 0 Å². The van der Waals surface area contributed by atoms with Crippen molar-refractivity contribution in [1.29, 1.82) is 0 Å². The molecule has 6 heteroatoms. The van der Waals surface area contributed by atoms with Crippen LogP contribution in [0.5, 0.6) is 0 Å². The van der Waals surface area contributed by atoms with Gasteiger partial charge < -0.3 is 10.4 Å². The second-order valence-corrected chi connectivity index (χ2v) is 1.46. The summed E-state index contributed by atoms with van der Waals surface area (Å²) in [5, 5.41) is 9.25. The van der Waals surface area contributed by atoms with Crippen LogP contribution in [-0.2, 0) is 4.79 Å². The molecule has 0 saturated carbocycles. The van der Waals surface area contributed by atoms with E-state index >= 15 is 0 Å². The standard InChI is InChI=1S/C4H5F2NO3/c5-1-2(3(8)9)7-4(6)10/h2H,1H2,(H,7,10)(H,8,9). The van der Waals surface area contributed by atoms with Gasteiger partial charge in [0.2, 0.25) is 0 Å². The van der Waals surface area contributed by atoms with Crippen LogP contribution in [0.1, 0.15) is 0 Å². The summed E-state index contributed by atoms with van der Waals surface area (Å²) in [6.07, 6.45) is -2.05. The predicted molar refractivity (Wildman–Crippen MR) is 27.0 cm³/mol. The van der Waals surface area contributed by atoms with Crippen molar-refractivity contribution in [3.05, 3.63) is 0 Å². The van der Waals surface area contributed by atoms with E-state index in [4.69, 9.17) is 5.11 Å². The van der Waals surface area contributed by atoms with Crippen LogP contribution in [0.2, 0.25) is 0 Å². The Morgan fingerprint density at radius 1 is 1.60 bits per heavy atom. The first kappa shape index (κ1) is 8.80. The summed E-state index contributed by atoms with van der Waals surface area (Å²) in [5.74, 6) is -1.60. The monoisotopic (exact) mass is 153 g/mol. The zero-order valence-electron chi connectivity index (χ0n) is 4.80. The number of amides is 1. The summed E-state index contributed by atoms with van der Waals surface area (Å²) in [7, 11) is 0. The van der Waals surface area contributed by atoms with E-state index in [1.165, 1.54) is 5.32 Å². The minimum atomic E-state index is -2.05. The van der Waals surface area contributed by atoms with Gasteiger partial charge >= 0.3 is 12.1 Å². The lowest BCUT2D eigenvalue weighted by molar-refractivity contribution is -0.139. The van der Waals surface area contributed by atoms with Crippen molar-refractivity contribution in [2.75, 3.05) is 6.67 Å². The Morgan fingerprint density at radius 3 is 2.20 bits per heavy atom. The van der Waals surface area contributed by atoms with Gasteiger partial charge in [-0.3, -0.25) is 0 Å². The van der Waals surface area contributed by atoms with Gasteiger partial charge in [0.25, 0.3) is 0 Å². The molecule has 0 aliphatic rings. The topological polar surface area (TPSA) is 66.4 Å². The number of carboxylic acids is 1. The SMILES string of the molecule is O=C(F)NC(CF)C(=O)O. The molecule has 0 heterocycles. The van der Waals surface area contributed by atoms with Crippen LogP contribution >= 0.6 is 0 Å². The third-order valence-corrected chi connectivity index (χ3v) is 0.740. The summed E-state index contributed by atoms with van der Waals surface area (Å²) >= 11 is 0. The second-order valence-electron chi connectivity index (χ2n) is 1.46. The number of nitrogens with one attached hydrogen (secondary N) is 1. The molecule has 0 fully saturated rings. The lowest BCUT2D eigenvalue weighted by Crippen LogP contribution is -2.40. The van der Waals surface area contributed by atoms with Crippen LogP contribution in [0, 0.1) is 0 Å². The average molecular weight is 153 g/mol. The van der Waals surface area contributed by atoms with Gasteiger partial charge in [0.15, 0.2) is 6.04 Å². The summed E-state index contributed by atoms with van der Waals surface area (Å²) in [5.41, 5.74) is 0. The van der Waals surface area contributed by atoms with Crippen molar-refractivity contribution in [2.24, 2.45) is 0 Å². The molecular weight excluding hydrogens is 148 g/mol. The van der Waals surface area contributed by atoms with Crippen LogP contribution in [0.3, 0.4) is 0 Å². The van der Waals surface area contributed by atoms with Crippen molar-refractivity contribution < 1.29 is 23.5 Å².